The zero-order chi connectivity index (χ0) is 12.3. The molecule has 1 aromatic carbocycles. The van der Waals surface area contributed by atoms with E-state index in [1.807, 2.05) is 38.1 Å². The summed E-state index contributed by atoms with van der Waals surface area (Å²) in [4.78, 5) is 13.6. The van der Waals surface area contributed by atoms with Crippen LogP contribution in [0, 0.1) is 0 Å². The van der Waals surface area contributed by atoms with Crippen molar-refractivity contribution in [1.29, 1.82) is 0 Å². The quantitative estimate of drug-likeness (QED) is 0.783. The van der Waals surface area contributed by atoms with Gasteiger partial charge in [-0.2, -0.15) is 0 Å². The first-order valence-electron chi connectivity index (χ1n) is 4.99. The van der Waals surface area contributed by atoms with Crippen LogP contribution in [-0.2, 0) is 11.3 Å². The van der Waals surface area contributed by atoms with Crippen LogP contribution in [0.4, 0.5) is 0 Å². The van der Waals surface area contributed by atoms with Crippen LogP contribution in [0.25, 0.3) is 0 Å². The summed E-state index contributed by atoms with van der Waals surface area (Å²) in [6.45, 7) is 4.27. The standard InChI is InChI=1S/C12H15BrClNO/c1-12(2,13)11(16)15(3)8-9-4-6-10(14)7-5-9/h4-7H,8H2,1-3H3. The van der Waals surface area contributed by atoms with E-state index in [0.29, 0.717) is 11.6 Å². The number of halogens is 2. The number of rotatable bonds is 3. The third kappa shape index (κ3) is 3.80. The summed E-state index contributed by atoms with van der Waals surface area (Å²) in [5.74, 6) is 0.0578. The number of hydrogen-bond acceptors (Lipinski definition) is 1. The third-order valence-electron chi connectivity index (χ3n) is 2.19. The molecule has 0 aliphatic rings. The molecule has 88 valence electrons. The second-order valence-electron chi connectivity index (χ2n) is 4.26. The molecule has 0 radical (unpaired) electrons. The number of benzene rings is 1. The largest absolute Gasteiger partial charge is 0.340 e. The van der Waals surface area contributed by atoms with Gasteiger partial charge in [0.25, 0.3) is 0 Å². The molecule has 0 spiro atoms. The van der Waals surface area contributed by atoms with E-state index >= 15 is 0 Å². The van der Waals surface area contributed by atoms with Crippen LogP contribution < -0.4 is 0 Å². The van der Waals surface area contributed by atoms with E-state index in [2.05, 4.69) is 15.9 Å². The van der Waals surface area contributed by atoms with E-state index in [9.17, 15) is 4.79 Å². The van der Waals surface area contributed by atoms with Gasteiger partial charge in [-0.25, -0.2) is 0 Å². The number of amides is 1. The normalized spacial score (nSPS) is 11.3. The highest BCUT2D eigenvalue weighted by atomic mass is 79.9. The molecule has 0 saturated carbocycles. The minimum atomic E-state index is -0.520. The Labute approximate surface area is 110 Å². The number of carbonyl (C=O) groups excluding carboxylic acids is 1. The van der Waals surface area contributed by atoms with E-state index in [4.69, 9.17) is 11.6 Å². The van der Waals surface area contributed by atoms with Gasteiger partial charge in [0.2, 0.25) is 5.91 Å². The van der Waals surface area contributed by atoms with Crippen molar-refractivity contribution in [1.82, 2.24) is 4.90 Å². The maximum absolute atomic E-state index is 11.9. The van der Waals surface area contributed by atoms with Gasteiger partial charge in [-0.05, 0) is 31.5 Å². The molecule has 0 aromatic heterocycles. The highest BCUT2D eigenvalue weighted by Gasteiger charge is 2.26. The van der Waals surface area contributed by atoms with Crippen LogP contribution in [0.1, 0.15) is 19.4 Å². The molecule has 2 nitrogen and oxygen atoms in total. The highest BCUT2D eigenvalue weighted by Crippen LogP contribution is 2.20. The molecule has 16 heavy (non-hydrogen) atoms. The van der Waals surface area contributed by atoms with Crippen molar-refractivity contribution >= 4 is 33.4 Å². The number of carbonyl (C=O) groups is 1. The van der Waals surface area contributed by atoms with Gasteiger partial charge in [0.1, 0.15) is 0 Å². The van der Waals surface area contributed by atoms with Gasteiger partial charge in [0, 0.05) is 18.6 Å². The fraction of sp³-hybridized carbons (Fsp3) is 0.417. The number of alkyl halides is 1. The Morgan fingerprint density at radius 1 is 1.38 bits per heavy atom. The molecule has 0 unspecified atom stereocenters. The Kier molecular flexibility index (Phi) is 4.39. The van der Waals surface area contributed by atoms with Crippen molar-refractivity contribution in [3.63, 3.8) is 0 Å². The minimum Gasteiger partial charge on any atom is -0.340 e. The van der Waals surface area contributed by atoms with Crippen LogP contribution >= 0.6 is 27.5 Å². The molecular weight excluding hydrogens is 289 g/mol. The van der Waals surface area contributed by atoms with Crippen molar-refractivity contribution < 1.29 is 4.79 Å². The van der Waals surface area contributed by atoms with Gasteiger partial charge in [-0.15, -0.1) is 0 Å². The van der Waals surface area contributed by atoms with Crippen molar-refractivity contribution in [3.05, 3.63) is 34.9 Å². The Hall–Kier alpha value is -0.540. The first kappa shape index (κ1) is 13.5. The predicted octanol–water partition coefficient (Wildman–Crippen LogP) is 3.47. The van der Waals surface area contributed by atoms with E-state index in [1.54, 1.807) is 11.9 Å². The summed E-state index contributed by atoms with van der Waals surface area (Å²) < 4.78 is -0.520. The maximum atomic E-state index is 11.9. The molecule has 0 heterocycles. The fourth-order valence-corrected chi connectivity index (χ4v) is 1.82. The van der Waals surface area contributed by atoms with Crippen LogP contribution in [-0.4, -0.2) is 22.2 Å². The summed E-state index contributed by atoms with van der Waals surface area (Å²) in [5.41, 5.74) is 1.07. The molecule has 4 heteroatoms. The molecular formula is C12H15BrClNO. The van der Waals surface area contributed by atoms with Crippen LogP contribution in [0.5, 0.6) is 0 Å². The van der Waals surface area contributed by atoms with Crippen LogP contribution in [0.2, 0.25) is 5.02 Å². The lowest BCUT2D eigenvalue weighted by Crippen LogP contribution is -2.38. The molecule has 1 rings (SSSR count). The second-order valence-corrected chi connectivity index (χ2v) is 6.68. The van der Waals surface area contributed by atoms with E-state index < -0.39 is 4.32 Å². The van der Waals surface area contributed by atoms with Crippen molar-refractivity contribution in [3.8, 4) is 0 Å². The maximum Gasteiger partial charge on any atom is 0.238 e. The molecule has 0 saturated heterocycles. The van der Waals surface area contributed by atoms with Gasteiger partial charge in [0.05, 0.1) is 4.32 Å². The Bertz CT molecular complexity index is 370. The monoisotopic (exact) mass is 303 g/mol. The molecule has 0 fully saturated rings. The Morgan fingerprint density at radius 3 is 2.31 bits per heavy atom. The number of nitrogens with zero attached hydrogens (tertiary/aromatic N) is 1. The summed E-state index contributed by atoms with van der Waals surface area (Å²) >= 11 is 9.15. The summed E-state index contributed by atoms with van der Waals surface area (Å²) in [5, 5.41) is 0.707. The van der Waals surface area contributed by atoms with Gasteiger partial charge in [-0.1, -0.05) is 39.7 Å². The zero-order valence-electron chi connectivity index (χ0n) is 9.63. The molecule has 0 aliphatic heterocycles. The van der Waals surface area contributed by atoms with E-state index in [1.165, 1.54) is 0 Å². The molecule has 1 aromatic rings. The van der Waals surface area contributed by atoms with E-state index in [0.717, 1.165) is 5.56 Å². The predicted molar refractivity (Wildman–Crippen MR) is 70.9 cm³/mol. The van der Waals surface area contributed by atoms with Gasteiger partial charge in [-0.3, -0.25) is 4.79 Å². The smallest absolute Gasteiger partial charge is 0.238 e. The lowest BCUT2D eigenvalue weighted by atomic mass is 10.1. The van der Waals surface area contributed by atoms with Crippen molar-refractivity contribution in [2.75, 3.05) is 7.05 Å². The summed E-state index contributed by atoms with van der Waals surface area (Å²) in [7, 11) is 1.79. The lowest BCUT2D eigenvalue weighted by molar-refractivity contribution is -0.131. The molecule has 0 atom stereocenters. The van der Waals surface area contributed by atoms with Crippen LogP contribution in [0.15, 0.2) is 24.3 Å². The molecule has 0 N–H and O–H groups in total. The number of hydrogen-bond donors (Lipinski definition) is 0. The molecule has 0 bridgehead atoms. The van der Waals surface area contributed by atoms with Crippen molar-refractivity contribution in [2.24, 2.45) is 0 Å². The minimum absolute atomic E-state index is 0.0578. The second kappa shape index (κ2) is 5.19. The molecule has 0 aliphatic carbocycles. The highest BCUT2D eigenvalue weighted by molar-refractivity contribution is 9.10. The average Bonchev–Trinajstić information content (AvgIpc) is 2.19. The average molecular weight is 305 g/mol. The van der Waals surface area contributed by atoms with Gasteiger partial charge in [0.15, 0.2) is 0 Å². The van der Waals surface area contributed by atoms with Crippen LogP contribution in [0.3, 0.4) is 0 Å². The zero-order valence-corrected chi connectivity index (χ0v) is 12.0. The summed E-state index contributed by atoms with van der Waals surface area (Å²) in [6.07, 6.45) is 0. The lowest BCUT2D eigenvalue weighted by Gasteiger charge is -2.24. The van der Waals surface area contributed by atoms with Gasteiger partial charge < -0.3 is 4.90 Å². The van der Waals surface area contributed by atoms with Gasteiger partial charge >= 0.3 is 0 Å². The third-order valence-corrected chi connectivity index (χ3v) is 2.78. The van der Waals surface area contributed by atoms with Crippen molar-refractivity contribution in [2.45, 2.75) is 24.7 Å². The molecule has 1 amide bonds. The fourth-order valence-electron chi connectivity index (χ4n) is 1.39. The van der Waals surface area contributed by atoms with E-state index in [-0.39, 0.29) is 5.91 Å². The topological polar surface area (TPSA) is 20.3 Å². The summed E-state index contributed by atoms with van der Waals surface area (Å²) in [6, 6.07) is 7.50. The first-order valence-corrected chi connectivity index (χ1v) is 6.17. The Balaban J connectivity index is 2.68. The Morgan fingerprint density at radius 2 is 1.88 bits per heavy atom. The first-order chi connectivity index (χ1) is 7.30. The SMILES string of the molecule is CN(Cc1ccc(Cl)cc1)C(=O)C(C)(C)Br.